The van der Waals surface area contributed by atoms with E-state index in [1.165, 1.54) is 6.07 Å². The van der Waals surface area contributed by atoms with Gasteiger partial charge in [-0.2, -0.15) is 0 Å². The molecule has 2 rings (SSSR count). The minimum absolute atomic E-state index is 0.0886. The van der Waals surface area contributed by atoms with Crippen LogP contribution in [-0.2, 0) is 13.0 Å². The number of nitrogens with zero attached hydrogens (tertiary/aromatic N) is 1. The lowest BCUT2D eigenvalue weighted by atomic mass is 10.0. The number of nitrogens with two attached hydrogens (primary N) is 1. The van der Waals surface area contributed by atoms with Gasteiger partial charge in [-0.05, 0) is 37.1 Å². The van der Waals surface area contributed by atoms with Crippen LogP contribution in [0.1, 0.15) is 18.1 Å². The molecular formula is C17H20ClFN2. The molecular weight excluding hydrogens is 287 g/mol. The Hall–Kier alpha value is -1.58. The molecule has 1 unspecified atom stereocenters. The Labute approximate surface area is 130 Å². The predicted molar refractivity (Wildman–Crippen MR) is 87.3 cm³/mol. The van der Waals surface area contributed by atoms with Crippen molar-refractivity contribution in [3.05, 3.63) is 64.4 Å². The molecule has 4 heteroatoms. The molecule has 0 amide bonds. The molecule has 112 valence electrons. The van der Waals surface area contributed by atoms with Crippen LogP contribution >= 0.6 is 11.6 Å². The molecule has 0 aliphatic heterocycles. The first-order valence-electron chi connectivity index (χ1n) is 6.96. The maximum atomic E-state index is 14.1. The number of hydrogen-bond acceptors (Lipinski definition) is 2. The van der Waals surface area contributed by atoms with Crippen molar-refractivity contribution < 1.29 is 4.39 Å². The molecule has 0 spiro atoms. The predicted octanol–water partition coefficient (Wildman–Crippen LogP) is 4.01. The third-order valence-corrected chi connectivity index (χ3v) is 3.77. The zero-order valence-corrected chi connectivity index (χ0v) is 13.1. The molecule has 2 nitrogen and oxygen atoms in total. The standard InChI is InChI=1S/C17H20ClFN2/c1-12(20)10-14-16(19)8-5-9-17(14)21(2)11-13-6-3-4-7-15(13)18/h3-9,12H,10-11,20H2,1-2H3. The molecule has 2 N–H and O–H groups in total. The molecule has 0 fully saturated rings. The van der Waals surface area contributed by atoms with Crippen molar-refractivity contribution in [1.29, 1.82) is 0 Å². The van der Waals surface area contributed by atoms with E-state index in [0.717, 1.165) is 16.3 Å². The largest absolute Gasteiger partial charge is 0.370 e. The van der Waals surface area contributed by atoms with E-state index in [1.54, 1.807) is 6.07 Å². The molecule has 0 saturated heterocycles. The molecule has 0 aromatic heterocycles. The second-order valence-electron chi connectivity index (χ2n) is 5.37. The minimum atomic E-state index is -0.212. The van der Waals surface area contributed by atoms with E-state index in [1.807, 2.05) is 49.2 Å². The van der Waals surface area contributed by atoms with Crippen molar-refractivity contribution in [1.82, 2.24) is 0 Å². The smallest absolute Gasteiger partial charge is 0.128 e. The van der Waals surface area contributed by atoms with Crippen LogP contribution in [0, 0.1) is 5.82 Å². The fraction of sp³-hybridized carbons (Fsp3) is 0.294. The van der Waals surface area contributed by atoms with Crippen LogP contribution in [-0.4, -0.2) is 13.1 Å². The first-order valence-corrected chi connectivity index (χ1v) is 7.34. The van der Waals surface area contributed by atoms with Crippen molar-refractivity contribution in [3.8, 4) is 0 Å². The second kappa shape index (κ2) is 6.92. The quantitative estimate of drug-likeness (QED) is 0.904. The van der Waals surface area contributed by atoms with E-state index in [9.17, 15) is 4.39 Å². The molecule has 0 aliphatic carbocycles. The van der Waals surface area contributed by atoms with Crippen LogP contribution in [0.3, 0.4) is 0 Å². The third kappa shape index (κ3) is 3.96. The number of rotatable bonds is 5. The fourth-order valence-corrected chi connectivity index (χ4v) is 2.59. The van der Waals surface area contributed by atoms with Crippen molar-refractivity contribution in [3.63, 3.8) is 0 Å². The SMILES string of the molecule is CC(N)Cc1c(F)cccc1N(C)Cc1ccccc1Cl. The molecule has 0 heterocycles. The summed E-state index contributed by atoms with van der Waals surface area (Å²) in [4.78, 5) is 2.00. The zero-order chi connectivity index (χ0) is 15.4. The van der Waals surface area contributed by atoms with Crippen LogP contribution in [0.15, 0.2) is 42.5 Å². The maximum absolute atomic E-state index is 14.1. The number of halogens is 2. The van der Waals surface area contributed by atoms with E-state index in [-0.39, 0.29) is 11.9 Å². The van der Waals surface area contributed by atoms with Gasteiger partial charge in [-0.25, -0.2) is 4.39 Å². The van der Waals surface area contributed by atoms with Crippen LogP contribution in [0.2, 0.25) is 5.02 Å². The topological polar surface area (TPSA) is 29.3 Å². The Morgan fingerprint density at radius 2 is 1.90 bits per heavy atom. The summed E-state index contributed by atoms with van der Waals surface area (Å²) in [6.07, 6.45) is 0.509. The van der Waals surface area contributed by atoms with Gasteiger partial charge in [-0.1, -0.05) is 35.9 Å². The highest BCUT2D eigenvalue weighted by atomic mass is 35.5. The summed E-state index contributed by atoms with van der Waals surface area (Å²) in [5, 5.41) is 0.717. The average molecular weight is 307 g/mol. The molecule has 2 aromatic rings. The Morgan fingerprint density at radius 1 is 1.19 bits per heavy atom. The van der Waals surface area contributed by atoms with E-state index >= 15 is 0 Å². The van der Waals surface area contributed by atoms with Gasteiger partial charge in [0, 0.05) is 35.9 Å². The zero-order valence-electron chi connectivity index (χ0n) is 12.3. The van der Waals surface area contributed by atoms with Gasteiger partial charge >= 0.3 is 0 Å². The number of benzene rings is 2. The first-order chi connectivity index (χ1) is 9.99. The van der Waals surface area contributed by atoms with Gasteiger partial charge < -0.3 is 10.6 Å². The lowest BCUT2D eigenvalue weighted by Crippen LogP contribution is -2.23. The number of hydrogen-bond donors (Lipinski definition) is 1. The Balaban J connectivity index is 2.29. The van der Waals surface area contributed by atoms with Gasteiger partial charge in [0.15, 0.2) is 0 Å². The normalized spacial score (nSPS) is 12.2. The van der Waals surface area contributed by atoms with Crippen molar-refractivity contribution in [2.24, 2.45) is 5.73 Å². The third-order valence-electron chi connectivity index (χ3n) is 3.40. The van der Waals surface area contributed by atoms with E-state index in [0.29, 0.717) is 18.5 Å². The summed E-state index contributed by atoms with van der Waals surface area (Å²) in [6, 6.07) is 12.7. The molecule has 2 aromatic carbocycles. The Bertz CT molecular complexity index is 613. The summed E-state index contributed by atoms with van der Waals surface area (Å²) in [5.41, 5.74) is 8.35. The van der Waals surface area contributed by atoms with E-state index in [4.69, 9.17) is 17.3 Å². The highest BCUT2D eigenvalue weighted by molar-refractivity contribution is 6.31. The minimum Gasteiger partial charge on any atom is -0.370 e. The molecule has 0 aliphatic rings. The molecule has 0 radical (unpaired) electrons. The Kier molecular flexibility index (Phi) is 5.21. The summed E-state index contributed by atoms with van der Waals surface area (Å²) >= 11 is 6.19. The van der Waals surface area contributed by atoms with E-state index < -0.39 is 0 Å². The van der Waals surface area contributed by atoms with Gasteiger partial charge in [-0.3, -0.25) is 0 Å². The summed E-state index contributed by atoms with van der Waals surface area (Å²) in [6.45, 7) is 2.50. The van der Waals surface area contributed by atoms with Gasteiger partial charge in [0.05, 0.1) is 0 Å². The van der Waals surface area contributed by atoms with Crippen LogP contribution in [0.4, 0.5) is 10.1 Å². The van der Waals surface area contributed by atoms with Crippen LogP contribution < -0.4 is 10.6 Å². The summed E-state index contributed by atoms with van der Waals surface area (Å²) < 4.78 is 14.1. The maximum Gasteiger partial charge on any atom is 0.128 e. The molecule has 1 atom stereocenters. The lowest BCUT2D eigenvalue weighted by molar-refractivity contribution is 0.595. The second-order valence-corrected chi connectivity index (χ2v) is 5.77. The Morgan fingerprint density at radius 3 is 2.57 bits per heavy atom. The first kappa shape index (κ1) is 15.8. The van der Waals surface area contributed by atoms with Crippen LogP contribution in [0.5, 0.6) is 0 Å². The van der Waals surface area contributed by atoms with Crippen molar-refractivity contribution in [2.45, 2.75) is 25.9 Å². The van der Waals surface area contributed by atoms with E-state index in [2.05, 4.69) is 0 Å². The summed E-state index contributed by atoms with van der Waals surface area (Å²) in [5.74, 6) is -0.212. The van der Waals surface area contributed by atoms with Gasteiger partial charge in [0.1, 0.15) is 5.82 Å². The summed E-state index contributed by atoms with van der Waals surface area (Å²) in [7, 11) is 1.93. The lowest BCUT2D eigenvalue weighted by Gasteiger charge is -2.24. The van der Waals surface area contributed by atoms with Crippen molar-refractivity contribution in [2.75, 3.05) is 11.9 Å². The average Bonchev–Trinajstić information content (AvgIpc) is 2.43. The van der Waals surface area contributed by atoms with Crippen molar-refractivity contribution >= 4 is 17.3 Å². The molecule has 0 bridgehead atoms. The van der Waals surface area contributed by atoms with Crippen LogP contribution in [0.25, 0.3) is 0 Å². The van der Waals surface area contributed by atoms with Gasteiger partial charge in [-0.15, -0.1) is 0 Å². The molecule has 0 saturated carbocycles. The highest BCUT2D eigenvalue weighted by Crippen LogP contribution is 2.26. The van der Waals surface area contributed by atoms with Gasteiger partial charge in [0.2, 0.25) is 0 Å². The van der Waals surface area contributed by atoms with Gasteiger partial charge in [0.25, 0.3) is 0 Å². The fourth-order valence-electron chi connectivity index (χ4n) is 2.40. The number of anilines is 1. The monoisotopic (exact) mass is 306 g/mol. The molecule has 21 heavy (non-hydrogen) atoms. The highest BCUT2D eigenvalue weighted by Gasteiger charge is 2.14.